The minimum absolute atomic E-state index is 0.211. The van der Waals surface area contributed by atoms with Crippen molar-refractivity contribution in [2.45, 2.75) is 26.2 Å². The van der Waals surface area contributed by atoms with Crippen molar-refractivity contribution in [3.8, 4) is 0 Å². The molecular formula is C6H12O3. The van der Waals surface area contributed by atoms with E-state index >= 15 is 0 Å². The maximum absolute atomic E-state index is 8.52. The van der Waals surface area contributed by atoms with Crippen molar-refractivity contribution in [2.24, 2.45) is 0 Å². The van der Waals surface area contributed by atoms with Gasteiger partial charge in [-0.3, -0.25) is 0 Å². The second-order valence-electron chi connectivity index (χ2n) is 1.80. The van der Waals surface area contributed by atoms with Crippen LogP contribution in [0.5, 0.6) is 0 Å². The molecule has 0 aliphatic heterocycles. The van der Waals surface area contributed by atoms with E-state index in [-0.39, 0.29) is 5.57 Å². The van der Waals surface area contributed by atoms with Crippen molar-refractivity contribution in [3.63, 3.8) is 0 Å². The fourth-order valence-electron chi connectivity index (χ4n) is 0.635. The van der Waals surface area contributed by atoms with E-state index in [0.717, 1.165) is 0 Å². The van der Waals surface area contributed by atoms with E-state index in [1.807, 2.05) is 0 Å². The van der Waals surface area contributed by atoms with Gasteiger partial charge in [-0.05, 0) is 13.3 Å². The van der Waals surface area contributed by atoms with Crippen molar-refractivity contribution < 1.29 is 15.3 Å². The monoisotopic (exact) mass is 132 g/mol. The Hall–Kier alpha value is -0.380. The number of aliphatic hydroxyl groups is 3. The second kappa shape index (κ2) is 2.96. The average Bonchev–Trinajstić information content (AvgIpc) is 1.65. The summed E-state index contributed by atoms with van der Waals surface area (Å²) in [7, 11) is 0. The van der Waals surface area contributed by atoms with Crippen molar-refractivity contribution in [2.75, 3.05) is 0 Å². The normalized spacial score (nSPS) is 14.1. The lowest BCUT2D eigenvalue weighted by atomic mass is 10.1. The van der Waals surface area contributed by atoms with Crippen LogP contribution in [0.4, 0.5) is 0 Å². The number of allylic oxidation sites excluding steroid dienone is 1. The topological polar surface area (TPSA) is 60.7 Å². The molecule has 3 nitrogen and oxygen atoms in total. The van der Waals surface area contributed by atoms with Gasteiger partial charge in [-0.15, -0.1) is 0 Å². The van der Waals surface area contributed by atoms with Gasteiger partial charge < -0.3 is 15.3 Å². The summed E-state index contributed by atoms with van der Waals surface area (Å²) in [5.41, 5.74) is 0.211. The SMILES string of the molecule is CC=C(CC)C(O)(O)O. The molecule has 0 radical (unpaired) electrons. The highest BCUT2D eigenvalue weighted by Gasteiger charge is 2.21. The summed E-state index contributed by atoms with van der Waals surface area (Å²) in [6, 6.07) is 0. The van der Waals surface area contributed by atoms with Gasteiger partial charge in [0, 0.05) is 5.57 Å². The van der Waals surface area contributed by atoms with Gasteiger partial charge in [0.2, 0.25) is 0 Å². The third-order valence-corrected chi connectivity index (χ3v) is 1.16. The quantitative estimate of drug-likeness (QED) is 0.365. The molecule has 0 aliphatic rings. The third kappa shape index (κ3) is 2.60. The van der Waals surface area contributed by atoms with E-state index in [1.54, 1.807) is 13.8 Å². The molecule has 0 atom stereocenters. The van der Waals surface area contributed by atoms with Gasteiger partial charge >= 0.3 is 0 Å². The van der Waals surface area contributed by atoms with Gasteiger partial charge in [-0.1, -0.05) is 13.0 Å². The van der Waals surface area contributed by atoms with Crippen LogP contribution in [0.25, 0.3) is 0 Å². The zero-order valence-corrected chi connectivity index (χ0v) is 5.63. The van der Waals surface area contributed by atoms with Crippen LogP contribution < -0.4 is 0 Å². The molecule has 0 amide bonds. The maximum atomic E-state index is 8.52. The standard InChI is InChI=1S/C6H12O3/c1-3-5(4-2)6(7,8)9/h3,7-9H,4H2,1-2H3. The molecule has 54 valence electrons. The fraction of sp³-hybridized carbons (Fsp3) is 0.667. The van der Waals surface area contributed by atoms with Crippen molar-refractivity contribution in [3.05, 3.63) is 11.6 Å². The molecule has 9 heavy (non-hydrogen) atoms. The van der Waals surface area contributed by atoms with Gasteiger partial charge in [-0.2, -0.15) is 0 Å². The predicted molar refractivity (Wildman–Crippen MR) is 33.4 cm³/mol. The molecule has 0 bridgehead atoms. The molecule has 0 heterocycles. The highest BCUT2D eigenvalue weighted by atomic mass is 16.7. The van der Waals surface area contributed by atoms with E-state index in [9.17, 15) is 0 Å². The van der Waals surface area contributed by atoms with Crippen LogP contribution in [0.1, 0.15) is 20.3 Å². The highest BCUT2D eigenvalue weighted by Crippen LogP contribution is 2.12. The summed E-state index contributed by atoms with van der Waals surface area (Å²) >= 11 is 0. The largest absolute Gasteiger partial charge is 0.340 e. The number of rotatable bonds is 2. The van der Waals surface area contributed by atoms with Crippen LogP contribution in [0.2, 0.25) is 0 Å². The first kappa shape index (κ1) is 8.62. The summed E-state index contributed by atoms with van der Waals surface area (Å²) in [4.78, 5) is 0. The predicted octanol–water partition coefficient (Wildman–Crippen LogP) is -0.0266. The minimum Gasteiger partial charge on any atom is -0.340 e. The van der Waals surface area contributed by atoms with Crippen LogP contribution in [-0.4, -0.2) is 21.3 Å². The van der Waals surface area contributed by atoms with E-state index in [1.165, 1.54) is 6.08 Å². The smallest absolute Gasteiger partial charge is 0.300 e. The van der Waals surface area contributed by atoms with Crippen LogP contribution in [0.15, 0.2) is 11.6 Å². The van der Waals surface area contributed by atoms with Crippen molar-refractivity contribution in [1.29, 1.82) is 0 Å². The number of hydrogen-bond acceptors (Lipinski definition) is 3. The zero-order valence-electron chi connectivity index (χ0n) is 5.63. The molecule has 0 aliphatic carbocycles. The summed E-state index contributed by atoms with van der Waals surface area (Å²) in [6.45, 7) is 3.36. The van der Waals surface area contributed by atoms with Gasteiger partial charge in [0.15, 0.2) is 0 Å². The zero-order chi connectivity index (χ0) is 7.49. The molecule has 0 aromatic rings. The van der Waals surface area contributed by atoms with Crippen LogP contribution >= 0.6 is 0 Å². The molecule has 0 aromatic heterocycles. The Kier molecular flexibility index (Phi) is 2.84. The molecule has 0 aromatic carbocycles. The first-order valence-corrected chi connectivity index (χ1v) is 2.85. The number of hydrogen-bond donors (Lipinski definition) is 3. The Morgan fingerprint density at radius 3 is 1.89 bits per heavy atom. The lowest BCUT2D eigenvalue weighted by Crippen LogP contribution is -2.29. The molecule has 3 N–H and O–H groups in total. The average molecular weight is 132 g/mol. The summed E-state index contributed by atoms with van der Waals surface area (Å²) in [6.07, 6.45) is 1.90. The second-order valence-corrected chi connectivity index (χ2v) is 1.80. The maximum Gasteiger partial charge on any atom is 0.300 e. The van der Waals surface area contributed by atoms with E-state index in [2.05, 4.69) is 0 Å². The molecule has 0 spiro atoms. The lowest BCUT2D eigenvalue weighted by molar-refractivity contribution is -0.283. The van der Waals surface area contributed by atoms with E-state index in [4.69, 9.17) is 15.3 Å². The molecule has 0 saturated heterocycles. The summed E-state index contributed by atoms with van der Waals surface area (Å²) in [5.74, 6) is -2.62. The van der Waals surface area contributed by atoms with Gasteiger partial charge in [-0.25, -0.2) is 0 Å². The Balaban J connectivity index is 4.14. The molecule has 0 unspecified atom stereocenters. The van der Waals surface area contributed by atoms with Gasteiger partial charge in [0.05, 0.1) is 0 Å². The van der Waals surface area contributed by atoms with Gasteiger partial charge in [0.1, 0.15) is 0 Å². The fourth-order valence-corrected chi connectivity index (χ4v) is 0.635. The van der Waals surface area contributed by atoms with Gasteiger partial charge in [0.25, 0.3) is 5.97 Å². The molecule has 0 fully saturated rings. The van der Waals surface area contributed by atoms with Crippen molar-refractivity contribution >= 4 is 0 Å². The third-order valence-electron chi connectivity index (χ3n) is 1.16. The molecule has 3 heteroatoms. The first-order chi connectivity index (χ1) is 4.02. The van der Waals surface area contributed by atoms with Crippen LogP contribution in [-0.2, 0) is 0 Å². The molecular weight excluding hydrogens is 120 g/mol. The van der Waals surface area contributed by atoms with Crippen LogP contribution in [0, 0.1) is 0 Å². The van der Waals surface area contributed by atoms with E-state index < -0.39 is 5.97 Å². The van der Waals surface area contributed by atoms with Crippen molar-refractivity contribution in [1.82, 2.24) is 0 Å². The van der Waals surface area contributed by atoms with E-state index in [0.29, 0.717) is 6.42 Å². The Morgan fingerprint density at radius 2 is 1.89 bits per heavy atom. The highest BCUT2D eigenvalue weighted by molar-refractivity contribution is 5.05. The Labute approximate surface area is 54.3 Å². The Bertz CT molecular complexity index is 110. The Morgan fingerprint density at radius 1 is 1.44 bits per heavy atom. The summed E-state index contributed by atoms with van der Waals surface area (Å²) < 4.78 is 0. The molecule has 0 saturated carbocycles. The first-order valence-electron chi connectivity index (χ1n) is 2.85. The minimum atomic E-state index is -2.62. The summed E-state index contributed by atoms with van der Waals surface area (Å²) in [5, 5.41) is 25.6. The molecule has 0 rings (SSSR count). The van der Waals surface area contributed by atoms with Crippen LogP contribution in [0.3, 0.4) is 0 Å². The lowest BCUT2D eigenvalue weighted by Gasteiger charge is -2.15.